The number of amides is 3. The molecule has 2 fully saturated rings. The molecule has 3 aliphatic rings. The van der Waals surface area contributed by atoms with E-state index in [-0.39, 0.29) is 62.0 Å². The van der Waals surface area contributed by atoms with Crippen LogP contribution in [-0.4, -0.2) is 110 Å². The first-order valence-electron chi connectivity index (χ1n) is 17.5. The summed E-state index contributed by atoms with van der Waals surface area (Å²) in [6, 6.07) is 3.83. The number of fused-ring (bicyclic) bond motifs is 2. The summed E-state index contributed by atoms with van der Waals surface area (Å²) in [6.45, 7) is 7.02. The van der Waals surface area contributed by atoms with Gasteiger partial charge >= 0.3 is 18.4 Å². The fraction of sp³-hybridized carbons (Fsp3) is 0.528. The number of thiazole rings is 1. The molecule has 2 bridgehead atoms. The third kappa shape index (κ3) is 8.59. The van der Waals surface area contributed by atoms with Gasteiger partial charge in [0.15, 0.2) is 5.69 Å². The number of rotatable bonds is 11. The van der Waals surface area contributed by atoms with E-state index in [0.29, 0.717) is 20.9 Å². The zero-order valence-corrected chi connectivity index (χ0v) is 32.7. The van der Waals surface area contributed by atoms with E-state index >= 15 is 4.79 Å². The maximum atomic E-state index is 15.0. The van der Waals surface area contributed by atoms with Crippen molar-refractivity contribution in [3.05, 3.63) is 56.7 Å². The molecule has 1 aliphatic carbocycles. The molecule has 1 unspecified atom stereocenters. The molecule has 2 aromatic heterocycles. The van der Waals surface area contributed by atoms with Crippen molar-refractivity contribution in [3.8, 4) is 16.8 Å². The summed E-state index contributed by atoms with van der Waals surface area (Å²) in [6.07, 6.45) is -3.34. The average molecular weight is 811 g/mol. The molecular weight excluding hydrogens is 769 g/mol. The van der Waals surface area contributed by atoms with Crippen LogP contribution in [0.1, 0.15) is 61.7 Å². The Kier molecular flexibility index (Phi) is 11.2. The number of hydrogen-bond acceptors (Lipinski definition) is 10. The number of piperazine rings is 1. The standard InChI is InChI=1S/C36H42ClF3N6O8S/c1-19-20(8-7-9-25(19)51-6)16-45(21-10-11-21)31(47)27-23(14-22-17-44(34(50)54-35(2,3)4)18-24(27)46(22)33(48)49)26-15-41-32(55-26)53-13-12-52-30-28(37)29(36(38,39)40)43(5)42-30/h7-9,15,21-22,24H,10-14,16-18H2,1-6H3,(H,48,49)/t22?,24-/m1/s1. The summed E-state index contributed by atoms with van der Waals surface area (Å²) in [7, 11) is 2.69. The summed E-state index contributed by atoms with van der Waals surface area (Å²) >= 11 is 7.02. The smallest absolute Gasteiger partial charge is 0.434 e. The highest BCUT2D eigenvalue weighted by atomic mass is 35.5. The minimum absolute atomic E-state index is 0.0453. The van der Waals surface area contributed by atoms with Gasteiger partial charge in [-0.1, -0.05) is 35.1 Å². The van der Waals surface area contributed by atoms with Gasteiger partial charge in [0.25, 0.3) is 17.0 Å². The molecule has 1 saturated carbocycles. The quantitative estimate of drug-likeness (QED) is 0.209. The molecule has 1 aromatic carbocycles. The summed E-state index contributed by atoms with van der Waals surface area (Å²) in [5.74, 6) is -0.0693. The van der Waals surface area contributed by atoms with Gasteiger partial charge in [-0.05, 0) is 69.7 Å². The highest BCUT2D eigenvalue weighted by Gasteiger charge is 2.50. The second kappa shape index (κ2) is 15.4. The number of nitrogens with zero attached hydrogens (tertiary/aromatic N) is 6. The minimum atomic E-state index is -4.72. The number of carboxylic acid groups (broad SMARTS) is 1. The van der Waals surface area contributed by atoms with Gasteiger partial charge < -0.3 is 33.9 Å². The van der Waals surface area contributed by atoms with Crippen LogP contribution in [0.15, 0.2) is 30.0 Å². The number of carbonyl (C=O) groups is 3. The molecule has 19 heteroatoms. The second-order valence-corrected chi connectivity index (χ2v) is 15.9. The molecule has 1 N–H and O–H groups in total. The number of aryl methyl sites for hydroxylation is 1. The predicted molar refractivity (Wildman–Crippen MR) is 194 cm³/mol. The van der Waals surface area contributed by atoms with E-state index in [0.717, 1.165) is 42.4 Å². The third-order valence-electron chi connectivity index (χ3n) is 9.52. The van der Waals surface area contributed by atoms with Crippen molar-refractivity contribution >= 4 is 46.6 Å². The molecule has 0 spiro atoms. The zero-order chi connectivity index (χ0) is 40.0. The lowest BCUT2D eigenvalue weighted by atomic mass is 9.83. The molecule has 0 radical (unpaired) electrons. The average Bonchev–Trinajstić information content (AvgIpc) is 3.74. The molecule has 1 saturated heterocycles. The van der Waals surface area contributed by atoms with E-state index in [1.165, 1.54) is 9.80 Å². The fourth-order valence-corrected chi connectivity index (χ4v) is 8.11. The number of hydrogen-bond donors (Lipinski definition) is 1. The van der Waals surface area contributed by atoms with E-state index in [2.05, 4.69) is 10.1 Å². The maximum Gasteiger partial charge on any atom is 0.434 e. The normalized spacial score (nSPS) is 18.7. The Labute approximate surface area is 324 Å². The van der Waals surface area contributed by atoms with Crippen LogP contribution in [0.3, 0.4) is 0 Å². The number of ether oxygens (including phenoxy) is 4. The van der Waals surface area contributed by atoms with Crippen molar-refractivity contribution in [2.75, 3.05) is 33.4 Å². The molecule has 3 aromatic rings. The van der Waals surface area contributed by atoms with Crippen LogP contribution in [0.25, 0.3) is 5.57 Å². The monoisotopic (exact) mass is 810 g/mol. The molecule has 2 atom stereocenters. The lowest BCUT2D eigenvalue weighted by Crippen LogP contribution is -2.65. The van der Waals surface area contributed by atoms with Crippen LogP contribution in [0.5, 0.6) is 16.8 Å². The van der Waals surface area contributed by atoms with Gasteiger partial charge in [-0.3, -0.25) is 14.4 Å². The zero-order valence-electron chi connectivity index (χ0n) is 31.1. The summed E-state index contributed by atoms with van der Waals surface area (Å²) < 4.78 is 62.9. The van der Waals surface area contributed by atoms with Crippen LogP contribution in [0.4, 0.5) is 22.8 Å². The van der Waals surface area contributed by atoms with Crippen molar-refractivity contribution in [1.82, 2.24) is 29.5 Å². The van der Waals surface area contributed by atoms with Crippen molar-refractivity contribution in [2.24, 2.45) is 7.05 Å². The number of carbonyl (C=O) groups excluding carboxylic acids is 2. The first-order chi connectivity index (χ1) is 25.9. The first-order valence-corrected chi connectivity index (χ1v) is 18.7. The fourth-order valence-electron chi connectivity index (χ4n) is 6.93. The van der Waals surface area contributed by atoms with Crippen molar-refractivity contribution in [1.29, 1.82) is 0 Å². The molecule has 55 heavy (non-hydrogen) atoms. The highest BCUT2D eigenvalue weighted by molar-refractivity contribution is 7.14. The Balaban J connectivity index is 1.31. The molecule has 298 valence electrons. The van der Waals surface area contributed by atoms with E-state index in [1.54, 1.807) is 39.0 Å². The molecule has 14 nitrogen and oxygen atoms in total. The maximum absolute atomic E-state index is 15.0. The summed E-state index contributed by atoms with van der Waals surface area (Å²) in [4.78, 5) is 50.7. The van der Waals surface area contributed by atoms with E-state index in [4.69, 9.17) is 30.5 Å². The van der Waals surface area contributed by atoms with Crippen molar-refractivity contribution in [2.45, 2.75) is 83.4 Å². The second-order valence-electron chi connectivity index (χ2n) is 14.5. The minimum Gasteiger partial charge on any atom is -0.496 e. The number of benzene rings is 1. The first kappa shape index (κ1) is 40.0. The Morgan fingerprint density at radius 3 is 2.44 bits per heavy atom. The van der Waals surface area contributed by atoms with E-state index in [9.17, 15) is 27.9 Å². The largest absolute Gasteiger partial charge is 0.496 e. The highest BCUT2D eigenvalue weighted by Crippen LogP contribution is 2.44. The molecule has 3 amide bonds. The number of aromatic nitrogens is 3. The van der Waals surface area contributed by atoms with Gasteiger partial charge in [0.05, 0.1) is 24.1 Å². The Bertz CT molecular complexity index is 1990. The predicted octanol–water partition coefficient (Wildman–Crippen LogP) is 6.64. The van der Waals surface area contributed by atoms with Crippen LogP contribution >= 0.6 is 22.9 Å². The van der Waals surface area contributed by atoms with Gasteiger partial charge in [0.1, 0.15) is 29.6 Å². The summed E-state index contributed by atoms with van der Waals surface area (Å²) in [5, 5.41) is 13.7. The van der Waals surface area contributed by atoms with Crippen molar-refractivity contribution < 1.29 is 51.6 Å². The number of alkyl halides is 3. The molecule has 4 heterocycles. The lowest BCUT2D eigenvalue weighted by molar-refractivity contribution is -0.143. The van der Waals surface area contributed by atoms with Gasteiger partial charge in [0, 0.05) is 44.5 Å². The number of methoxy groups -OCH3 is 1. The molecule has 2 aliphatic heterocycles. The van der Waals surface area contributed by atoms with Crippen molar-refractivity contribution in [3.63, 3.8) is 0 Å². The Morgan fingerprint density at radius 1 is 1.11 bits per heavy atom. The molecular formula is C36H42ClF3N6O8S. The lowest BCUT2D eigenvalue weighted by Gasteiger charge is -2.50. The SMILES string of the molecule is COc1cccc(CN(C(=O)C2=C(c3cnc(OCCOc4nn(C)c(C(F)(F)F)c4Cl)s3)CC3CN(C(=O)OC(C)(C)C)C[C@H]2N3C(=O)O)C2CC2)c1C. The van der Waals surface area contributed by atoms with Gasteiger partial charge in [-0.15, -0.1) is 5.10 Å². The van der Waals surface area contributed by atoms with Gasteiger partial charge in [-0.25, -0.2) is 14.6 Å². The van der Waals surface area contributed by atoms with Crippen LogP contribution < -0.4 is 14.2 Å². The number of halogens is 4. The Morgan fingerprint density at radius 2 is 1.82 bits per heavy atom. The van der Waals surface area contributed by atoms with E-state index in [1.807, 2.05) is 25.1 Å². The Hall–Kier alpha value is -4.71. The van der Waals surface area contributed by atoms with E-state index < -0.39 is 52.6 Å². The van der Waals surface area contributed by atoms with Crippen LogP contribution in [0, 0.1) is 6.92 Å². The topological polar surface area (TPSA) is 149 Å². The summed E-state index contributed by atoms with van der Waals surface area (Å²) in [5.41, 5.74) is 0.650. The molecule has 6 rings (SSSR count). The van der Waals surface area contributed by atoms with Crippen LogP contribution in [-0.2, 0) is 29.3 Å². The van der Waals surface area contributed by atoms with Crippen LogP contribution in [0.2, 0.25) is 5.02 Å². The van der Waals surface area contributed by atoms with Gasteiger partial charge in [-0.2, -0.15) is 13.2 Å². The van der Waals surface area contributed by atoms with Gasteiger partial charge in [0.2, 0.25) is 0 Å². The third-order valence-corrected chi connectivity index (χ3v) is 10.8.